The summed E-state index contributed by atoms with van der Waals surface area (Å²) in [4.78, 5) is 4.29. The average molecular weight is 172 g/mol. The summed E-state index contributed by atoms with van der Waals surface area (Å²) in [5.74, 6) is 1.28. The van der Waals surface area contributed by atoms with Gasteiger partial charge in [-0.25, -0.2) is 0 Å². The van der Waals surface area contributed by atoms with Crippen LogP contribution in [-0.2, 0) is 0 Å². The number of thioether (sulfide) groups is 1. The monoisotopic (exact) mass is 172 g/mol. The van der Waals surface area contributed by atoms with E-state index in [2.05, 4.69) is 24.0 Å². The minimum absolute atomic E-state index is 0.355. The molecule has 0 fully saturated rings. The van der Waals surface area contributed by atoms with Gasteiger partial charge in [-0.3, -0.25) is 4.99 Å². The summed E-state index contributed by atoms with van der Waals surface area (Å²) in [5.41, 5.74) is 0.934. The van der Waals surface area contributed by atoms with Crippen molar-refractivity contribution >= 4 is 22.5 Å². The fourth-order valence-electron chi connectivity index (χ4n) is 0.960. The van der Waals surface area contributed by atoms with Crippen LogP contribution >= 0.6 is 11.8 Å². The fourth-order valence-corrected chi connectivity index (χ4v) is 1.84. The van der Waals surface area contributed by atoms with Gasteiger partial charge < -0.3 is 5.21 Å². The smallest absolute Gasteiger partial charge is 0.157 e. The lowest BCUT2D eigenvalue weighted by molar-refractivity contribution is 0.321. The molecule has 0 bridgehead atoms. The lowest BCUT2D eigenvalue weighted by atomic mass is 10.1. The molecule has 11 heavy (non-hydrogen) atoms. The van der Waals surface area contributed by atoms with Crippen molar-refractivity contribution in [3.63, 3.8) is 0 Å². The minimum Gasteiger partial charge on any atom is -0.410 e. The van der Waals surface area contributed by atoms with Gasteiger partial charge in [-0.05, 0) is 5.92 Å². The summed E-state index contributed by atoms with van der Waals surface area (Å²) < 4.78 is 0. The first-order valence-electron chi connectivity index (χ1n) is 3.65. The zero-order valence-corrected chi connectivity index (χ0v) is 7.56. The van der Waals surface area contributed by atoms with Crippen molar-refractivity contribution < 1.29 is 5.21 Å². The normalized spacial score (nSPS) is 22.5. The van der Waals surface area contributed by atoms with Crippen LogP contribution in [0.15, 0.2) is 10.1 Å². The molecule has 0 saturated carbocycles. The second kappa shape index (κ2) is 3.76. The molecule has 1 N–H and O–H groups in total. The topological polar surface area (TPSA) is 45.0 Å². The highest BCUT2D eigenvalue weighted by Crippen LogP contribution is 2.15. The lowest BCUT2D eigenvalue weighted by Gasteiger charge is -2.14. The van der Waals surface area contributed by atoms with Crippen molar-refractivity contribution in [2.45, 2.75) is 13.8 Å². The largest absolute Gasteiger partial charge is 0.410 e. The summed E-state index contributed by atoms with van der Waals surface area (Å²) in [6, 6.07) is 0. The van der Waals surface area contributed by atoms with Crippen LogP contribution in [0.1, 0.15) is 13.8 Å². The van der Waals surface area contributed by atoms with Crippen molar-refractivity contribution in [3.8, 4) is 0 Å². The molecule has 3 nitrogen and oxygen atoms in total. The molecule has 0 unspecified atom stereocenters. The van der Waals surface area contributed by atoms with Crippen LogP contribution in [0.5, 0.6) is 0 Å². The van der Waals surface area contributed by atoms with E-state index in [0.29, 0.717) is 11.0 Å². The Bertz CT molecular complexity index is 199. The van der Waals surface area contributed by atoms with Gasteiger partial charge in [-0.15, -0.1) is 0 Å². The molecule has 0 aromatic heterocycles. The third kappa shape index (κ3) is 1.96. The number of rotatable bonds is 1. The molecule has 4 heteroatoms. The quantitative estimate of drug-likeness (QED) is 0.482. The zero-order chi connectivity index (χ0) is 8.27. The number of hydrogen-bond acceptors (Lipinski definition) is 4. The molecule has 0 aromatic rings. The number of hydrogen-bond donors (Lipinski definition) is 1. The molecule has 0 aromatic carbocycles. The van der Waals surface area contributed by atoms with Crippen LogP contribution in [0.3, 0.4) is 0 Å². The molecule has 1 rings (SSSR count). The second-order valence-electron chi connectivity index (χ2n) is 2.68. The Labute approximate surface area is 70.6 Å². The van der Waals surface area contributed by atoms with Crippen molar-refractivity contribution in [2.75, 3.05) is 12.3 Å². The van der Waals surface area contributed by atoms with Crippen LogP contribution in [0.4, 0.5) is 0 Å². The van der Waals surface area contributed by atoms with Crippen LogP contribution in [0.2, 0.25) is 0 Å². The Morgan fingerprint density at radius 2 is 2.36 bits per heavy atom. The Hall–Kier alpha value is -0.510. The van der Waals surface area contributed by atoms with E-state index in [1.807, 2.05) is 0 Å². The molecule has 0 amide bonds. The van der Waals surface area contributed by atoms with Gasteiger partial charge in [0.2, 0.25) is 0 Å². The van der Waals surface area contributed by atoms with E-state index in [1.54, 1.807) is 11.8 Å². The van der Waals surface area contributed by atoms with Gasteiger partial charge in [0.1, 0.15) is 0 Å². The molecule has 62 valence electrons. The van der Waals surface area contributed by atoms with Crippen LogP contribution in [-0.4, -0.2) is 28.3 Å². The fraction of sp³-hybridized carbons (Fsp3) is 0.714. The third-order valence-corrected chi connectivity index (χ3v) is 2.42. The summed E-state index contributed by atoms with van der Waals surface area (Å²) in [6.07, 6.45) is 0. The molecule has 0 saturated heterocycles. The standard InChI is InChI=1S/C7H12N2OS/c1-5(2)6-7(9-10)11-4-3-8-6/h5,10H,3-4H2,1-2H3/b9-7-. The highest BCUT2D eigenvalue weighted by atomic mass is 32.2. The molecule has 0 atom stereocenters. The van der Waals surface area contributed by atoms with Crippen molar-refractivity contribution in [1.29, 1.82) is 0 Å². The van der Waals surface area contributed by atoms with Crippen LogP contribution in [0, 0.1) is 5.92 Å². The van der Waals surface area contributed by atoms with E-state index in [-0.39, 0.29) is 0 Å². The first-order valence-corrected chi connectivity index (χ1v) is 4.64. The highest BCUT2D eigenvalue weighted by Gasteiger charge is 2.17. The number of oxime groups is 1. The van der Waals surface area contributed by atoms with Crippen molar-refractivity contribution in [2.24, 2.45) is 16.1 Å². The van der Waals surface area contributed by atoms with Crippen molar-refractivity contribution in [3.05, 3.63) is 0 Å². The SMILES string of the molecule is CC(C)C1=NCCS/C1=N\O. The molecular weight excluding hydrogens is 160 g/mol. The zero-order valence-electron chi connectivity index (χ0n) is 6.74. The number of nitrogens with zero attached hydrogens (tertiary/aromatic N) is 2. The Balaban J connectivity index is 2.80. The molecule has 1 aliphatic rings. The molecule has 0 aliphatic carbocycles. The maximum atomic E-state index is 8.60. The minimum atomic E-state index is 0.355. The summed E-state index contributed by atoms with van der Waals surface area (Å²) in [5, 5.41) is 12.5. The molecule has 0 spiro atoms. The lowest BCUT2D eigenvalue weighted by Crippen LogP contribution is -2.22. The van der Waals surface area contributed by atoms with E-state index in [0.717, 1.165) is 18.0 Å². The molecule has 1 aliphatic heterocycles. The summed E-state index contributed by atoms with van der Waals surface area (Å²) in [6.45, 7) is 4.95. The molecule has 1 heterocycles. The van der Waals surface area contributed by atoms with E-state index in [9.17, 15) is 0 Å². The predicted molar refractivity (Wildman–Crippen MR) is 48.8 cm³/mol. The van der Waals surface area contributed by atoms with E-state index >= 15 is 0 Å². The van der Waals surface area contributed by atoms with Gasteiger partial charge in [-0.2, -0.15) is 0 Å². The third-order valence-electron chi connectivity index (χ3n) is 1.47. The Morgan fingerprint density at radius 1 is 1.64 bits per heavy atom. The first-order chi connectivity index (χ1) is 5.25. The first kappa shape index (κ1) is 8.59. The average Bonchev–Trinajstić information content (AvgIpc) is 2.04. The van der Waals surface area contributed by atoms with Gasteiger partial charge >= 0.3 is 0 Å². The van der Waals surface area contributed by atoms with Gasteiger partial charge in [-0.1, -0.05) is 30.8 Å². The van der Waals surface area contributed by atoms with E-state index < -0.39 is 0 Å². The van der Waals surface area contributed by atoms with E-state index in [1.165, 1.54) is 0 Å². The maximum absolute atomic E-state index is 8.60. The van der Waals surface area contributed by atoms with Crippen molar-refractivity contribution in [1.82, 2.24) is 0 Å². The van der Waals surface area contributed by atoms with Gasteiger partial charge in [0.05, 0.1) is 5.71 Å². The molecular formula is C7H12N2OS. The van der Waals surface area contributed by atoms with Gasteiger partial charge in [0, 0.05) is 12.3 Å². The van der Waals surface area contributed by atoms with E-state index in [4.69, 9.17) is 5.21 Å². The van der Waals surface area contributed by atoms with Crippen LogP contribution < -0.4 is 0 Å². The second-order valence-corrected chi connectivity index (χ2v) is 3.76. The van der Waals surface area contributed by atoms with Crippen LogP contribution in [0.25, 0.3) is 0 Å². The summed E-state index contributed by atoms with van der Waals surface area (Å²) in [7, 11) is 0. The number of aliphatic imine (C=N–C) groups is 1. The Kier molecular flexibility index (Phi) is 2.93. The Morgan fingerprint density at radius 3 is 2.82 bits per heavy atom. The van der Waals surface area contributed by atoms with Gasteiger partial charge in [0.25, 0.3) is 0 Å². The summed E-state index contributed by atoms with van der Waals surface area (Å²) >= 11 is 1.57. The maximum Gasteiger partial charge on any atom is 0.157 e. The molecule has 0 radical (unpaired) electrons. The highest BCUT2D eigenvalue weighted by molar-refractivity contribution is 8.15. The predicted octanol–water partition coefficient (Wildman–Crippen LogP) is 1.62. The van der Waals surface area contributed by atoms with Gasteiger partial charge in [0.15, 0.2) is 5.04 Å².